The van der Waals surface area contributed by atoms with E-state index in [4.69, 9.17) is 4.99 Å². The van der Waals surface area contributed by atoms with Crippen LogP contribution in [0, 0.1) is 0 Å². The lowest BCUT2D eigenvalue weighted by atomic mass is 10.2. The van der Waals surface area contributed by atoms with Gasteiger partial charge in [0.1, 0.15) is 5.82 Å². The van der Waals surface area contributed by atoms with Crippen LogP contribution in [0.4, 0.5) is 5.82 Å². The van der Waals surface area contributed by atoms with Gasteiger partial charge in [-0.05, 0) is 57.9 Å². The van der Waals surface area contributed by atoms with Gasteiger partial charge in [0.25, 0.3) is 0 Å². The quantitative estimate of drug-likeness (QED) is 0.329. The number of anilines is 1. The molecule has 1 aliphatic carbocycles. The van der Waals surface area contributed by atoms with Crippen LogP contribution in [-0.4, -0.2) is 48.1 Å². The predicted octanol–water partition coefficient (Wildman–Crippen LogP) is 3.89. The van der Waals surface area contributed by atoms with E-state index < -0.39 is 0 Å². The topological polar surface area (TPSA) is 52.6 Å². The molecule has 1 heterocycles. The van der Waals surface area contributed by atoms with E-state index in [1.54, 1.807) is 0 Å². The molecule has 0 bridgehead atoms. The van der Waals surface area contributed by atoms with E-state index in [2.05, 4.69) is 59.7 Å². The van der Waals surface area contributed by atoms with Crippen molar-refractivity contribution < 1.29 is 0 Å². The number of halogens is 1. The Morgan fingerprint density at radius 3 is 2.58 bits per heavy atom. The number of aromatic nitrogens is 1. The zero-order valence-electron chi connectivity index (χ0n) is 16.5. The summed E-state index contributed by atoms with van der Waals surface area (Å²) in [5, 5.41) is 7.75. The van der Waals surface area contributed by atoms with Crippen LogP contribution >= 0.6 is 35.7 Å². The molecule has 2 atom stereocenters. The zero-order chi connectivity index (χ0) is 18.1. The normalized spacial score (nSPS) is 19.8. The second-order valence-electron chi connectivity index (χ2n) is 6.40. The third-order valence-electron chi connectivity index (χ3n) is 4.72. The highest BCUT2D eigenvalue weighted by Gasteiger charge is 2.24. The van der Waals surface area contributed by atoms with Gasteiger partial charge in [-0.1, -0.05) is 6.07 Å². The maximum Gasteiger partial charge on any atom is 0.191 e. The van der Waals surface area contributed by atoms with E-state index in [1.165, 1.54) is 19.3 Å². The molecule has 0 amide bonds. The smallest absolute Gasteiger partial charge is 0.191 e. The van der Waals surface area contributed by atoms with Gasteiger partial charge in [0.05, 0.1) is 6.54 Å². The first-order valence-corrected chi connectivity index (χ1v) is 10.8. The Hall–Kier alpha value is -0.700. The lowest BCUT2D eigenvalue weighted by molar-refractivity contribution is 0.615. The summed E-state index contributed by atoms with van der Waals surface area (Å²) in [6.07, 6.45) is 7.91. The maximum absolute atomic E-state index is 4.75. The number of hydrogen-bond donors (Lipinski definition) is 2. The monoisotopic (exact) mass is 491 g/mol. The van der Waals surface area contributed by atoms with Crippen molar-refractivity contribution in [1.29, 1.82) is 0 Å². The fraction of sp³-hybridized carbons (Fsp3) is 0.684. The van der Waals surface area contributed by atoms with Crippen LogP contribution in [0.5, 0.6) is 0 Å². The second kappa shape index (κ2) is 12.6. The van der Waals surface area contributed by atoms with Crippen LogP contribution in [-0.2, 0) is 6.54 Å². The molecule has 1 saturated carbocycles. The fourth-order valence-electron chi connectivity index (χ4n) is 3.21. The summed E-state index contributed by atoms with van der Waals surface area (Å²) in [4.78, 5) is 11.6. The van der Waals surface area contributed by atoms with Crippen LogP contribution in [0.3, 0.4) is 0 Å². The molecule has 2 rings (SSSR count). The highest BCUT2D eigenvalue weighted by atomic mass is 127. The maximum atomic E-state index is 4.75. The molecule has 0 saturated heterocycles. The molecular formula is C19H34IN5S. The molecule has 148 valence electrons. The Balaban J connectivity index is 0.00000338. The summed E-state index contributed by atoms with van der Waals surface area (Å²) in [6, 6.07) is 4.77. The summed E-state index contributed by atoms with van der Waals surface area (Å²) < 4.78 is 0. The lowest BCUT2D eigenvalue weighted by Gasteiger charge is -2.19. The van der Waals surface area contributed by atoms with Crippen molar-refractivity contribution in [3.63, 3.8) is 0 Å². The first-order valence-electron chi connectivity index (χ1n) is 9.47. The average Bonchev–Trinajstić information content (AvgIpc) is 3.09. The van der Waals surface area contributed by atoms with Crippen molar-refractivity contribution in [1.82, 2.24) is 15.6 Å². The van der Waals surface area contributed by atoms with E-state index in [1.807, 2.05) is 18.0 Å². The van der Waals surface area contributed by atoms with Crippen molar-refractivity contribution in [2.24, 2.45) is 4.99 Å². The molecule has 1 aliphatic rings. The molecule has 0 radical (unpaired) electrons. The van der Waals surface area contributed by atoms with Gasteiger partial charge in [-0.25, -0.2) is 9.98 Å². The largest absolute Gasteiger partial charge is 0.357 e. The Morgan fingerprint density at radius 2 is 2.04 bits per heavy atom. The van der Waals surface area contributed by atoms with Gasteiger partial charge in [0.2, 0.25) is 0 Å². The molecule has 0 spiro atoms. The zero-order valence-corrected chi connectivity index (χ0v) is 19.6. The number of aliphatic imine (C=N–C) groups is 1. The number of nitrogens with zero attached hydrogens (tertiary/aromatic N) is 3. The van der Waals surface area contributed by atoms with Crippen molar-refractivity contribution in [2.45, 2.75) is 57.9 Å². The number of rotatable bonds is 8. The molecule has 2 N–H and O–H groups in total. The summed E-state index contributed by atoms with van der Waals surface area (Å²) in [5.41, 5.74) is 1.14. The summed E-state index contributed by atoms with van der Waals surface area (Å²) in [7, 11) is 0. The van der Waals surface area contributed by atoms with Crippen LogP contribution in [0.25, 0.3) is 0 Å². The van der Waals surface area contributed by atoms with Gasteiger partial charge in [0, 0.05) is 37.1 Å². The molecule has 2 unspecified atom stereocenters. The van der Waals surface area contributed by atoms with E-state index in [0.717, 1.165) is 42.2 Å². The van der Waals surface area contributed by atoms with Gasteiger partial charge >= 0.3 is 0 Å². The van der Waals surface area contributed by atoms with E-state index in [0.29, 0.717) is 12.6 Å². The highest BCUT2D eigenvalue weighted by molar-refractivity contribution is 14.0. The summed E-state index contributed by atoms with van der Waals surface area (Å²) in [6.45, 7) is 9.91. The van der Waals surface area contributed by atoms with Gasteiger partial charge in [-0.2, -0.15) is 11.8 Å². The lowest BCUT2D eigenvalue weighted by Crippen LogP contribution is -2.42. The number of hydrogen-bond acceptors (Lipinski definition) is 4. The summed E-state index contributed by atoms with van der Waals surface area (Å²) in [5.74, 6) is 1.96. The van der Waals surface area contributed by atoms with Gasteiger partial charge in [-0.15, -0.1) is 24.0 Å². The number of nitrogens with one attached hydrogen (secondary N) is 2. The molecule has 5 nitrogen and oxygen atoms in total. The molecule has 0 aliphatic heterocycles. The fourth-order valence-corrected chi connectivity index (χ4v) is 4.01. The molecule has 7 heteroatoms. The van der Waals surface area contributed by atoms with E-state index in [-0.39, 0.29) is 24.0 Å². The first kappa shape index (κ1) is 23.3. The number of pyridine rings is 1. The molecule has 1 aromatic heterocycles. The van der Waals surface area contributed by atoms with E-state index >= 15 is 0 Å². The van der Waals surface area contributed by atoms with Gasteiger partial charge in [-0.3, -0.25) is 0 Å². The predicted molar refractivity (Wildman–Crippen MR) is 126 cm³/mol. The molecule has 26 heavy (non-hydrogen) atoms. The minimum atomic E-state index is 0. The summed E-state index contributed by atoms with van der Waals surface area (Å²) >= 11 is 1.98. The first-order chi connectivity index (χ1) is 12.2. The van der Waals surface area contributed by atoms with Crippen molar-refractivity contribution in [2.75, 3.05) is 30.8 Å². The Morgan fingerprint density at radius 1 is 1.27 bits per heavy atom. The second-order valence-corrected chi connectivity index (χ2v) is 7.54. The SMILES string of the molecule is CCNC(=NCc1ccc(N(CC)CC)nc1)NC1CCC(SC)C1.I. The third-order valence-corrected chi connectivity index (χ3v) is 5.81. The third kappa shape index (κ3) is 7.13. The Kier molecular flexibility index (Phi) is 11.4. The number of guanidine groups is 1. The van der Waals surface area contributed by atoms with Crippen LogP contribution < -0.4 is 15.5 Å². The van der Waals surface area contributed by atoms with E-state index in [9.17, 15) is 0 Å². The van der Waals surface area contributed by atoms with Crippen molar-refractivity contribution in [3.05, 3.63) is 23.9 Å². The molecule has 1 fully saturated rings. The highest BCUT2D eigenvalue weighted by Crippen LogP contribution is 2.28. The van der Waals surface area contributed by atoms with Crippen LogP contribution in [0.15, 0.2) is 23.3 Å². The Labute approximate surface area is 180 Å². The van der Waals surface area contributed by atoms with Crippen molar-refractivity contribution >= 4 is 47.5 Å². The Bertz CT molecular complexity index is 533. The number of thioether (sulfide) groups is 1. The molecule has 0 aromatic carbocycles. The average molecular weight is 491 g/mol. The minimum absolute atomic E-state index is 0. The standard InChI is InChI=1S/C19H33N5S.HI/c1-5-20-19(23-16-9-10-17(12-16)25-4)22-14-15-8-11-18(21-13-15)24(6-2)7-3;/h8,11,13,16-17H,5-7,9-10,12,14H2,1-4H3,(H2,20,22,23);1H. The minimum Gasteiger partial charge on any atom is -0.357 e. The van der Waals surface area contributed by atoms with Crippen LogP contribution in [0.2, 0.25) is 0 Å². The van der Waals surface area contributed by atoms with Crippen molar-refractivity contribution in [3.8, 4) is 0 Å². The molecular weight excluding hydrogens is 457 g/mol. The van der Waals surface area contributed by atoms with Crippen LogP contribution in [0.1, 0.15) is 45.6 Å². The van der Waals surface area contributed by atoms with Gasteiger partial charge < -0.3 is 15.5 Å². The van der Waals surface area contributed by atoms with Gasteiger partial charge in [0.15, 0.2) is 5.96 Å². The molecule has 1 aromatic rings.